The van der Waals surface area contributed by atoms with Crippen molar-refractivity contribution in [3.05, 3.63) is 53.7 Å². The molecule has 2 aliphatic rings. The lowest BCUT2D eigenvalue weighted by Gasteiger charge is -2.32. The highest BCUT2D eigenvalue weighted by atomic mass is 32.2. The molecule has 1 fully saturated rings. The van der Waals surface area contributed by atoms with E-state index in [0.717, 1.165) is 65.9 Å². The maximum absolute atomic E-state index is 13.5. The van der Waals surface area contributed by atoms with Crippen LogP contribution in [0.5, 0.6) is 0 Å². The van der Waals surface area contributed by atoms with Crippen LogP contribution in [0.15, 0.2) is 47.5 Å². The third-order valence-electron chi connectivity index (χ3n) is 6.36. The first-order valence-electron chi connectivity index (χ1n) is 10.3. The molecule has 0 radical (unpaired) electrons. The van der Waals surface area contributed by atoms with E-state index in [4.69, 9.17) is 0 Å². The van der Waals surface area contributed by atoms with Crippen molar-refractivity contribution in [1.82, 2.24) is 13.8 Å². The molecule has 6 heteroatoms. The zero-order chi connectivity index (χ0) is 20.3. The average Bonchev–Trinajstić information content (AvgIpc) is 3.08. The molecule has 0 spiro atoms. The Kier molecular flexibility index (Phi) is 4.35. The SMILES string of the molecule is CC(C)c1ccc2c(c1)-c1cccc3c(CN4CCN(C)CC4)cn(c13)S2(=O)=O. The highest BCUT2D eigenvalue weighted by Crippen LogP contribution is 2.42. The van der Waals surface area contributed by atoms with Gasteiger partial charge in [-0.2, -0.15) is 0 Å². The van der Waals surface area contributed by atoms with Crippen LogP contribution in [0.25, 0.3) is 22.0 Å². The number of fused-ring (bicyclic) bond motifs is 2. The van der Waals surface area contributed by atoms with Gasteiger partial charge in [0.25, 0.3) is 10.0 Å². The molecule has 0 saturated carbocycles. The molecule has 0 atom stereocenters. The minimum Gasteiger partial charge on any atom is -0.304 e. The average molecular weight is 410 g/mol. The molecule has 0 N–H and O–H groups in total. The fourth-order valence-corrected chi connectivity index (χ4v) is 6.15. The Balaban J connectivity index is 1.67. The van der Waals surface area contributed by atoms with Gasteiger partial charge in [-0.25, -0.2) is 12.4 Å². The maximum atomic E-state index is 13.5. The van der Waals surface area contributed by atoms with E-state index in [1.54, 1.807) is 6.07 Å². The van der Waals surface area contributed by atoms with E-state index >= 15 is 0 Å². The summed E-state index contributed by atoms with van der Waals surface area (Å²) in [6.07, 6.45) is 1.85. The van der Waals surface area contributed by atoms with Crippen LogP contribution < -0.4 is 0 Å². The van der Waals surface area contributed by atoms with Crippen LogP contribution in [0.1, 0.15) is 30.9 Å². The molecule has 1 saturated heterocycles. The number of hydrogen-bond acceptors (Lipinski definition) is 4. The molecule has 5 nitrogen and oxygen atoms in total. The van der Waals surface area contributed by atoms with Crippen LogP contribution in [0, 0.1) is 0 Å². The van der Waals surface area contributed by atoms with Gasteiger partial charge < -0.3 is 4.90 Å². The Morgan fingerprint density at radius 2 is 1.76 bits per heavy atom. The molecule has 2 aliphatic heterocycles. The summed E-state index contributed by atoms with van der Waals surface area (Å²) in [6, 6.07) is 12.0. The second kappa shape index (κ2) is 6.69. The molecule has 2 aromatic carbocycles. The summed E-state index contributed by atoms with van der Waals surface area (Å²) < 4.78 is 28.4. The summed E-state index contributed by atoms with van der Waals surface area (Å²) in [5.41, 5.74) is 4.92. The Labute approximate surface area is 172 Å². The lowest BCUT2D eigenvalue weighted by Crippen LogP contribution is -2.43. The van der Waals surface area contributed by atoms with Gasteiger partial charge in [-0.15, -0.1) is 0 Å². The van der Waals surface area contributed by atoms with E-state index in [-0.39, 0.29) is 0 Å². The lowest BCUT2D eigenvalue weighted by molar-refractivity contribution is 0.148. The smallest absolute Gasteiger partial charge is 0.268 e. The van der Waals surface area contributed by atoms with Crippen molar-refractivity contribution in [3.63, 3.8) is 0 Å². The minimum absolute atomic E-state index is 0.351. The van der Waals surface area contributed by atoms with Crippen molar-refractivity contribution < 1.29 is 8.42 Å². The van der Waals surface area contributed by atoms with E-state index in [2.05, 4.69) is 55.0 Å². The van der Waals surface area contributed by atoms with Gasteiger partial charge in [0, 0.05) is 55.4 Å². The molecule has 0 aliphatic carbocycles. The summed E-state index contributed by atoms with van der Waals surface area (Å²) in [6.45, 7) is 9.16. The van der Waals surface area contributed by atoms with Gasteiger partial charge in [0.05, 0.1) is 10.4 Å². The van der Waals surface area contributed by atoms with Crippen LogP contribution in [-0.4, -0.2) is 55.4 Å². The number of benzene rings is 2. The predicted molar refractivity (Wildman–Crippen MR) is 117 cm³/mol. The van der Waals surface area contributed by atoms with Gasteiger partial charge in [0.1, 0.15) is 0 Å². The van der Waals surface area contributed by atoms with E-state index in [0.29, 0.717) is 10.8 Å². The van der Waals surface area contributed by atoms with Crippen molar-refractivity contribution in [2.75, 3.05) is 33.2 Å². The van der Waals surface area contributed by atoms with Crippen LogP contribution in [0.4, 0.5) is 0 Å². The topological polar surface area (TPSA) is 45.5 Å². The van der Waals surface area contributed by atoms with Crippen molar-refractivity contribution in [1.29, 1.82) is 0 Å². The Morgan fingerprint density at radius 3 is 2.48 bits per heavy atom. The zero-order valence-corrected chi connectivity index (χ0v) is 18.0. The Morgan fingerprint density at radius 1 is 1.00 bits per heavy atom. The number of aromatic nitrogens is 1. The fourth-order valence-electron chi connectivity index (χ4n) is 4.54. The maximum Gasteiger partial charge on any atom is 0.268 e. The van der Waals surface area contributed by atoms with Crippen molar-refractivity contribution in [3.8, 4) is 11.1 Å². The van der Waals surface area contributed by atoms with Gasteiger partial charge in [-0.05, 0) is 36.2 Å². The van der Waals surface area contributed by atoms with E-state index in [9.17, 15) is 8.42 Å². The van der Waals surface area contributed by atoms with E-state index < -0.39 is 10.0 Å². The van der Waals surface area contributed by atoms with Crippen LogP contribution >= 0.6 is 0 Å². The molecule has 0 unspecified atom stereocenters. The Hall–Kier alpha value is -2.15. The number of hydrogen-bond donors (Lipinski definition) is 0. The molecular weight excluding hydrogens is 382 g/mol. The second-order valence-electron chi connectivity index (χ2n) is 8.65. The van der Waals surface area contributed by atoms with Crippen LogP contribution in [-0.2, 0) is 16.6 Å². The number of piperazine rings is 1. The molecule has 152 valence electrons. The summed E-state index contributed by atoms with van der Waals surface area (Å²) >= 11 is 0. The standard InChI is InChI=1S/C23H27N3O2S/c1-16(2)17-7-8-22-21(13-17)20-6-4-5-19-18(14-25-11-9-24(3)10-12-25)15-26(23(19)20)29(22,27)28/h4-8,13,15-16H,9-12,14H2,1-3H3. The monoisotopic (exact) mass is 409 g/mol. The normalized spacial score (nSPS) is 19.0. The highest BCUT2D eigenvalue weighted by molar-refractivity contribution is 7.90. The third-order valence-corrected chi connectivity index (χ3v) is 8.08. The first kappa shape index (κ1) is 18.9. The summed E-state index contributed by atoms with van der Waals surface area (Å²) in [5.74, 6) is 0.351. The molecule has 1 aromatic heterocycles. The summed E-state index contributed by atoms with van der Waals surface area (Å²) in [5, 5.41) is 1.05. The van der Waals surface area contributed by atoms with Gasteiger partial charge in [0.2, 0.25) is 0 Å². The van der Waals surface area contributed by atoms with E-state index in [1.807, 2.05) is 12.3 Å². The number of para-hydroxylation sites is 1. The number of rotatable bonds is 3. The molecular formula is C23H27N3O2S. The molecule has 29 heavy (non-hydrogen) atoms. The molecule has 3 heterocycles. The Bertz CT molecular complexity index is 1200. The highest BCUT2D eigenvalue weighted by Gasteiger charge is 2.32. The van der Waals surface area contributed by atoms with Crippen molar-refractivity contribution >= 4 is 20.9 Å². The minimum atomic E-state index is -3.59. The third kappa shape index (κ3) is 2.93. The van der Waals surface area contributed by atoms with Crippen molar-refractivity contribution in [2.24, 2.45) is 0 Å². The second-order valence-corrected chi connectivity index (χ2v) is 10.4. The zero-order valence-electron chi connectivity index (χ0n) is 17.2. The van der Waals surface area contributed by atoms with Gasteiger partial charge in [-0.1, -0.05) is 38.1 Å². The largest absolute Gasteiger partial charge is 0.304 e. The molecule has 0 bridgehead atoms. The fraction of sp³-hybridized carbons (Fsp3) is 0.391. The van der Waals surface area contributed by atoms with Gasteiger partial charge >= 0.3 is 0 Å². The molecule has 5 rings (SSSR count). The predicted octanol–water partition coefficient (Wildman–Crippen LogP) is 3.73. The van der Waals surface area contributed by atoms with Gasteiger partial charge in [-0.3, -0.25) is 4.90 Å². The quantitative estimate of drug-likeness (QED) is 0.517. The lowest BCUT2D eigenvalue weighted by atomic mass is 9.96. The number of nitrogens with zero attached hydrogens (tertiary/aromatic N) is 3. The first-order chi connectivity index (χ1) is 13.9. The van der Waals surface area contributed by atoms with Crippen LogP contribution in [0.3, 0.4) is 0 Å². The van der Waals surface area contributed by atoms with Crippen molar-refractivity contribution in [2.45, 2.75) is 31.2 Å². The molecule has 0 amide bonds. The summed E-state index contributed by atoms with van der Waals surface area (Å²) in [4.78, 5) is 5.16. The first-order valence-corrected chi connectivity index (χ1v) is 11.7. The van der Waals surface area contributed by atoms with Gasteiger partial charge in [0.15, 0.2) is 0 Å². The van der Waals surface area contributed by atoms with E-state index in [1.165, 1.54) is 3.97 Å². The molecule has 3 aromatic rings. The number of likely N-dealkylation sites (N-methyl/N-ethyl adjacent to an activating group) is 1. The van der Waals surface area contributed by atoms with Crippen LogP contribution in [0.2, 0.25) is 0 Å². The summed E-state index contributed by atoms with van der Waals surface area (Å²) in [7, 11) is -1.44.